The summed E-state index contributed by atoms with van der Waals surface area (Å²) < 4.78 is 12.9. The van der Waals surface area contributed by atoms with E-state index in [1.54, 1.807) is 0 Å². The molecule has 94 valence electrons. The molecule has 0 atom stereocenters. The normalized spacial score (nSPS) is 11.6. The van der Waals surface area contributed by atoms with E-state index in [1.165, 1.54) is 17.7 Å². The third-order valence-electron chi connectivity index (χ3n) is 3.71. The Bertz CT molecular complexity index is 524. The van der Waals surface area contributed by atoms with Gasteiger partial charge in [-0.3, -0.25) is 0 Å². The van der Waals surface area contributed by atoms with Crippen molar-refractivity contribution in [3.8, 4) is 11.1 Å². The van der Waals surface area contributed by atoms with E-state index in [2.05, 4.69) is 45.0 Å². The van der Waals surface area contributed by atoms with Gasteiger partial charge in [0.15, 0.2) is 0 Å². The second-order valence-corrected chi connectivity index (χ2v) is 5.33. The van der Waals surface area contributed by atoms with Crippen LogP contribution in [0.5, 0.6) is 0 Å². The minimum Gasteiger partial charge on any atom is -0.207 e. The van der Waals surface area contributed by atoms with Crippen LogP contribution in [-0.4, -0.2) is 0 Å². The molecule has 0 N–H and O–H groups in total. The van der Waals surface area contributed by atoms with E-state index in [1.807, 2.05) is 12.1 Å². The molecule has 0 aliphatic rings. The lowest BCUT2D eigenvalue weighted by molar-refractivity contribution is 0.506. The van der Waals surface area contributed by atoms with Crippen LogP contribution in [0.3, 0.4) is 0 Å². The highest BCUT2D eigenvalue weighted by Gasteiger charge is 2.18. The van der Waals surface area contributed by atoms with Crippen molar-refractivity contribution < 1.29 is 4.39 Å². The first kappa shape index (κ1) is 12.8. The van der Waals surface area contributed by atoms with E-state index < -0.39 is 0 Å². The summed E-state index contributed by atoms with van der Waals surface area (Å²) in [5.41, 5.74) is 3.71. The lowest BCUT2D eigenvalue weighted by atomic mass is 9.81. The average Bonchev–Trinajstić information content (AvgIpc) is 2.40. The van der Waals surface area contributed by atoms with E-state index in [4.69, 9.17) is 0 Å². The molecule has 1 heteroatoms. The molecule has 0 aliphatic carbocycles. The topological polar surface area (TPSA) is 0 Å². The van der Waals surface area contributed by atoms with Crippen molar-refractivity contribution in [1.82, 2.24) is 0 Å². The fourth-order valence-corrected chi connectivity index (χ4v) is 1.97. The second-order valence-electron chi connectivity index (χ2n) is 5.33. The van der Waals surface area contributed by atoms with Crippen molar-refractivity contribution >= 4 is 0 Å². The maximum atomic E-state index is 12.9. The Morgan fingerprint density at radius 3 is 2.22 bits per heavy atom. The molecule has 0 bridgehead atoms. The zero-order valence-electron chi connectivity index (χ0n) is 11.2. The third-order valence-corrected chi connectivity index (χ3v) is 3.71. The number of rotatable bonds is 3. The van der Waals surface area contributed by atoms with Crippen molar-refractivity contribution in [3.63, 3.8) is 0 Å². The van der Waals surface area contributed by atoms with Gasteiger partial charge in [-0.25, -0.2) is 4.39 Å². The highest BCUT2D eigenvalue weighted by molar-refractivity contribution is 5.64. The van der Waals surface area contributed by atoms with Crippen molar-refractivity contribution in [2.24, 2.45) is 0 Å². The number of hydrogen-bond donors (Lipinski definition) is 0. The molecule has 0 saturated carbocycles. The zero-order chi connectivity index (χ0) is 13.2. The summed E-state index contributed by atoms with van der Waals surface area (Å²) in [5, 5.41) is 0. The largest absolute Gasteiger partial charge is 0.207 e. The molecule has 0 fully saturated rings. The van der Waals surface area contributed by atoms with Crippen LogP contribution in [0.25, 0.3) is 11.1 Å². The summed E-state index contributed by atoms with van der Waals surface area (Å²) in [7, 11) is 0. The van der Waals surface area contributed by atoms with Crippen LogP contribution in [0.1, 0.15) is 32.8 Å². The molecular formula is C17H19F. The molecule has 2 aromatic carbocycles. The van der Waals surface area contributed by atoms with Crippen LogP contribution < -0.4 is 0 Å². The molecule has 0 radical (unpaired) electrons. The van der Waals surface area contributed by atoms with Crippen molar-refractivity contribution in [1.29, 1.82) is 0 Å². The highest BCUT2D eigenvalue weighted by Crippen LogP contribution is 2.30. The Morgan fingerprint density at radius 2 is 1.61 bits per heavy atom. The predicted molar refractivity (Wildman–Crippen MR) is 75.2 cm³/mol. The van der Waals surface area contributed by atoms with Gasteiger partial charge < -0.3 is 0 Å². The summed E-state index contributed by atoms with van der Waals surface area (Å²) >= 11 is 0. The van der Waals surface area contributed by atoms with Gasteiger partial charge >= 0.3 is 0 Å². The number of halogens is 1. The average molecular weight is 242 g/mol. The van der Waals surface area contributed by atoms with Crippen molar-refractivity contribution in [3.05, 3.63) is 59.9 Å². The molecule has 18 heavy (non-hydrogen) atoms. The molecule has 0 aliphatic heterocycles. The summed E-state index contributed by atoms with van der Waals surface area (Å²) in [6.45, 7) is 6.69. The molecule has 0 unspecified atom stereocenters. The van der Waals surface area contributed by atoms with Gasteiger partial charge in [-0.2, -0.15) is 0 Å². The smallest absolute Gasteiger partial charge is 0.123 e. The Labute approximate surface area is 108 Å². The monoisotopic (exact) mass is 242 g/mol. The van der Waals surface area contributed by atoms with Crippen molar-refractivity contribution in [2.75, 3.05) is 0 Å². The van der Waals surface area contributed by atoms with Gasteiger partial charge in [0.05, 0.1) is 0 Å². The van der Waals surface area contributed by atoms with Crippen LogP contribution in [0.4, 0.5) is 4.39 Å². The van der Waals surface area contributed by atoms with Gasteiger partial charge in [-0.1, -0.05) is 57.2 Å². The highest BCUT2D eigenvalue weighted by atomic mass is 19.1. The molecular weight excluding hydrogens is 223 g/mol. The van der Waals surface area contributed by atoms with Crippen LogP contribution in [-0.2, 0) is 5.41 Å². The first-order valence-corrected chi connectivity index (χ1v) is 6.39. The van der Waals surface area contributed by atoms with Crippen LogP contribution in [0.2, 0.25) is 0 Å². The second kappa shape index (κ2) is 4.93. The summed E-state index contributed by atoms with van der Waals surface area (Å²) in [6.07, 6.45) is 1.10. The quantitative estimate of drug-likeness (QED) is 0.695. The zero-order valence-corrected chi connectivity index (χ0v) is 11.2. The molecule has 2 aromatic rings. The third kappa shape index (κ3) is 2.61. The van der Waals surface area contributed by atoms with Gasteiger partial charge in [0.1, 0.15) is 5.82 Å². The molecule has 0 aromatic heterocycles. The SMILES string of the molecule is CCC(C)(C)c1cccc(-c2ccc(F)cc2)c1. The van der Waals surface area contributed by atoms with Gasteiger partial charge in [-0.15, -0.1) is 0 Å². The van der Waals surface area contributed by atoms with Crippen LogP contribution in [0.15, 0.2) is 48.5 Å². The predicted octanol–water partition coefficient (Wildman–Crippen LogP) is 5.18. The van der Waals surface area contributed by atoms with Crippen LogP contribution in [0, 0.1) is 5.82 Å². The number of hydrogen-bond acceptors (Lipinski definition) is 0. The van der Waals surface area contributed by atoms with Gasteiger partial charge in [-0.05, 0) is 40.7 Å². The fourth-order valence-electron chi connectivity index (χ4n) is 1.97. The Balaban J connectivity index is 2.41. The van der Waals surface area contributed by atoms with E-state index in [0.717, 1.165) is 17.5 Å². The fraction of sp³-hybridized carbons (Fsp3) is 0.294. The first-order valence-electron chi connectivity index (χ1n) is 6.39. The molecule has 0 nitrogen and oxygen atoms in total. The van der Waals surface area contributed by atoms with E-state index >= 15 is 0 Å². The summed E-state index contributed by atoms with van der Waals surface area (Å²) in [6, 6.07) is 15.2. The molecule has 0 amide bonds. The maximum Gasteiger partial charge on any atom is 0.123 e. The van der Waals surface area contributed by atoms with E-state index in [-0.39, 0.29) is 11.2 Å². The van der Waals surface area contributed by atoms with Gasteiger partial charge in [0.25, 0.3) is 0 Å². The minimum absolute atomic E-state index is 0.177. The lowest BCUT2D eigenvalue weighted by Gasteiger charge is -2.24. The molecule has 0 spiro atoms. The van der Waals surface area contributed by atoms with E-state index in [9.17, 15) is 4.39 Å². The van der Waals surface area contributed by atoms with Gasteiger partial charge in [0.2, 0.25) is 0 Å². The van der Waals surface area contributed by atoms with Crippen LogP contribution >= 0.6 is 0 Å². The lowest BCUT2D eigenvalue weighted by Crippen LogP contribution is -2.15. The summed E-state index contributed by atoms with van der Waals surface area (Å²) in [5.74, 6) is -0.191. The Kier molecular flexibility index (Phi) is 3.51. The Hall–Kier alpha value is -1.63. The Morgan fingerprint density at radius 1 is 0.944 bits per heavy atom. The van der Waals surface area contributed by atoms with Crippen molar-refractivity contribution in [2.45, 2.75) is 32.6 Å². The molecule has 0 saturated heterocycles. The molecule has 0 heterocycles. The summed E-state index contributed by atoms with van der Waals surface area (Å²) in [4.78, 5) is 0. The van der Waals surface area contributed by atoms with E-state index in [0.29, 0.717) is 0 Å². The first-order chi connectivity index (χ1) is 8.53. The number of benzene rings is 2. The minimum atomic E-state index is -0.191. The maximum absolute atomic E-state index is 12.9. The molecule has 2 rings (SSSR count). The standard InChI is InChI=1S/C17H19F/c1-4-17(2,3)15-7-5-6-14(12-15)13-8-10-16(18)11-9-13/h5-12H,4H2,1-3H3. The van der Waals surface area contributed by atoms with Gasteiger partial charge in [0, 0.05) is 0 Å².